The van der Waals surface area contributed by atoms with Crippen LogP contribution in [0.4, 0.5) is 32.0 Å². The maximum absolute atomic E-state index is 12.8. The lowest BCUT2D eigenvalue weighted by atomic mass is 10.1. The van der Waals surface area contributed by atoms with Crippen molar-refractivity contribution in [2.75, 3.05) is 5.32 Å². The fourth-order valence-corrected chi connectivity index (χ4v) is 1.53. The molecule has 1 aromatic rings. The normalized spacial score (nSPS) is 10.9. The third-order valence-electron chi connectivity index (χ3n) is 2.49. The number of hydrogen-bond donors (Lipinski definition) is 1. The standard InChI is InChI=1S/C13H4F6N4/c14-12(15,16)9-2-1-8(3-10(9)13(17,18)19)23-11(6-22)7(4-20)5-21/h1-3,23H. The second-order valence-corrected chi connectivity index (χ2v) is 3.97. The van der Waals surface area contributed by atoms with Crippen LogP contribution in [0.15, 0.2) is 29.5 Å². The minimum Gasteiger partial charge on any atom is -0.345 e. The highest BCUT2D eigenvalue weighted by Crippen LogP contribution is 2.41. The van der Waals surface area contributed by atoms with E-state index in [1.54, 1.807) is 0 Å². The molecule has 0 saturated heterocycles. The number of alkyl halides is 6. The first-order valence-corrected chi connectivity index (χ1v) is 5.54. The third-order valence-corrected chi connectivity index (χ3v) is 2.49. The topological polar surface area (TPSA) is 83.4 Å². The molecule has 0 spiro atoms. The molecule has 1 aromatic carbocycles. The minimum atomic E-state index is -5.29. The molecule has 0 unspecified atom stereocenters. The fourth-order valence-electron chi connectivity index (χ4n) is 1.53. The molecule has 0 heterocycles. The molecule has 23 heavy (non-hydrogen) atoms. The Kier molecular flexibility index (Phi) is 4.88. The highest BCUT2D eigenvalue weighted by atomic mass is 19.4. The van der Waals surface area contributed by atoms with Gasteiger partial charge in [0.05, 0.1) is 11.1 Å². The second-order valence-electron chi connectivity index (χ2n) is 3.97. The van der Waals surface area contributed by atoms with Gasteiger partial charge in [0.1, 0.15) is 23.9 Å². The van der Waals surface area contributed by atoms with Gasteiger partial charge in [-0.05, 0) is 18.2 Å². The van der Waals surface area contributed by atoms with E-state index < -0.39 is 40.4 Å². The summed E-state index contributed by atoms with van der Waals surface area (Å²) < 4.78 is 76.1. The molecule has 0 aliphatic carbocycles. The zero-order valence-electron chi connectivity index (χ0n) is 10.8. The summed E-state index contributed by atoms with van der Waals surface area (Å²) in [5.74, 6) is 0. The first-order valence-electron chi connectivity index (χ1n) is 5.54. The van der Waals surface area contributed by atoms with E-state index in [1.807, 2.05) is 5.32 Å². The Labute approximate surface area is 125 Å². The summed E-state index contributed by atoms with van der Waals surface area (Å²) in [6.45, 7) is 0. The van der Waals surface area contributed by atoms with Crippen LogP contribution in [0.25, 0.3) is 0 Å². The van der Waals surface area contributed by atoms with Crippen LogP contribution in [0.5, 0.6) is 0 Å². The maximum Gasteiger partial charge on any atom is 0.417 e. The predicted octanol–water partition coefficient (Wildman–Crippen LogP) is 3.96. The van der Waals surface area contributed by atoms with E-state index in [-0.39, 0.29) is 12.1 Å². The number of nitriles is 3. The van der Waals surface area contributed by atoms with Crippen LogP contribution in [0.3, 0.4) is 0 Å². The first-order chi connectivity index (χ1) is 10.5. The molecule has 0 aromatic heterocycles. The molecule has 0 bridgehead atoms. The summed E-state index contributed by atoms with van der Waals surface area (Å²) in [6, 6.07) is 5.04. The lowest BCUT2D eigenvalue weighted by molar-refractivity contribution is -0.162. The molecule has 10 heteroatoms. The Morgan fingerprint density at radius 1 is 0.826 bits per heavy atom. The molecular weight excluding hydrogens is 326 g/mol. The molecule has 0 aliphatic rings. The summed E-state index contributed by atoms with van der Waals surface area (Å²) in [4.78, 5) is 0. The van der Waals surface area contributed by atoms with Crippen molar-refractivity contribution in [1.29, 1.82) is 15.8 Å². The van der Waals surface area contributed by atoms with Gasteiger partial charge in [0, 0.05) is 5.69 Å². The van der Waals surface area contributed by atoms with Gasteiger partial charge in [0.25, 0.3) is 0 Å². The number of benzene rings is 1. The number of anilines is 1. The molecule has 0 fully saturated rings. The second kappa shape index (κ2) is 6.29. The highest BCUT2D eigenvalue weighted by Gasteiger charge is 2.43. The summed E-state index contributed by atoms with van der Waals surface area (Å²) in [7, 11) is 0. The van der Waals surface area contributed by atoms with E-state index in [4.69, 9.17) is 15.8 Å². The Hall–Kier alpha value is -3.19. The quantitative estimate of drug-likeness (QED) is 0.657. The van der Waals surface area contributed by atoms with Gasteiger partial charge in [-0.15, -0.1) is 0 Å². The summed E-state index contributed by atoms with van der Waals surface area (Å²) in [5.41, 5.74) is -5.77. The van der Waals surface area contributed by atoms with Crippen LogP contribution in [-0.4, -0.2) is 0 Å². The molecule has 0 aliphatic heterocycles. The van der Waals surface area contributed by atoms with Crippen molar-refractivity contribution in [3.8, 4) is 18.2 Å². The largest absolute Gasteiger partial charge is 0.417 e. The van der Waals surface area contributed by atoms with E-state index in [0.717, 1.165) is 0 Å². The minimum absolute atomic E-state index is 0.145. The number of hydrogen-bond acceptors (Lipinski definition) is 4. The van der Waals surface area contributed by atoms with Gasteiger partial charge in [0.15, 0.2) is 5.57 Å². The Morgan fingerprint density at radius 2 is 1.35 bits per heavy atom. The van der Waals surface area contributed by atoms with Gasteiger partial charge >= 0.3 is 12.4 Å². The van der Waals surface area contributed by atoms with Crippen molar-refractivity contribution in [3.63, 3.8) is 0 Å². The fraction of sp³-hybridized carbons (Fsp3) is 0.154. The lowest BCUT2D eigenvalue weighted by Gasteiger charge is -2.17. The molecular formula is C13H4F6N4. The molecule has 0 radical (unpaired) electrons. The van der Waals surface area contributed by atoms with Crippen molar-refractivity contribution < 1.29 is 26.3 Å². The SMILES string of the molecule is N#CC(C#N)=C(C#N)Nc1ccc(C(F)(F)F)c(C(F)(F)F)c1. The van der Waals surface area contributed by atoms with Crippen molar-refractivity contribution in [2.24, 2.45) is 0 Å². The molecule has 0 amide bonds. The van der Waals surface area contributed by atoms with E-state index in [2.05, 4.69) is 0 Å². The lowest BCUT2D eigenvalue weighted by Crippen LogP contribution is -2.17. The Morgan fingerprint density at radius 3 is 1.74 bits per heavy atom. The van der Waals surface area contributed by atoms with Crippen molar-refractivity contribution in [1.82, 2.24) is 0 Å². The van der Waals surface area contributed by atoms with Crippen LogP contribution in [0.1, 0.15) is 11.1 Å². The van der Waals surface area contributed by atoms with E-state index in [1.165, 1.54) is 18.2 Å². The molecule has 0 saturated carbocycles. The van der Waals surface area contributed by atoms with Crippen LogP contribution in [-0.2, 0) is 12.4 Å². The molecule has 0 atom stereocenters. The van der Waals surface area contributed by atoms with Crippen molar-refractivity contribution in [3.05, 3.63) is 40.6 Å². The Balaban J connectivity index is 3.45. The van der Waals surface area contributed by atoms with Crippen LogP contribution >= 0.6 is 0 Å². The van der Waals surface area contributed by atoms with Gasteiger partial charge in [-0.2, -0.15) is 42.1 Å². The first kappa shape index (κ1) is 17.9. The van der Waals surface area contributed by atoms with E-state index >= 15 is 0 Å². The van der Waals surface area contributed by atoms with Gasteiger partial charge in [-0.25, -0.2) is 0 Å². The number of allylic oxidation sites excluding steroid dienone is 2. The van der Waals surface area contributed by atoms with Gasteiger partial charge in [-0.1, -0.05) is 0 Å². The number of rotatable bonds is 2. The highest BCUT2D eigenvalue weighted by molar-refractivity contribution is 5.60. The summed E-state index contributed by atoms with van der Waals surface area (Å²) in [6.07, 6.45) is -10.5. The molecule has 4 nitrogen and oxygen atoms in total. The maximum atomic E-state index is 12.8. The predicted molar refractivity (Wildman–Crippen MR) is 63.9 cm³/mol. The molecule has 1 N–H and O–H groups in total. The zero-order valence-corrected chi connectivity index (χ0v) is 10.8. The third kappa shape index (κ3) is 4.14. The monoisotopic (exact) mass is 330 g/mol. The van der Waals surface area contributed by atoms with Crippen LogP contribution in [0.2, 0.25) is 0 Å². The number of halogens is 6. The van der Waals surface area contributed by atoms with Crippen LogP contribution < -0.4 is 5.32 Å². The average Bonchev–Trinajstić information content (AvgIpc) is 2.45. The molecule has 1 rings (SSSR count). The van der Waals surface area contributed by atoms with E-state index in [0.29, 0.717) is 6.07 Å². The summed E-state index contributed by atoms with van der Waals surface area (Å²) >= 11 is 0. The Bertz CT molecular complexity index is 752. The average molecular weight is 330 g/mol. The van der Waals surface area contributed by atoms with Gasteiger partial charge < -0.3 is 5.32 Å². The van der Waals surface area contributed by atoms with Crippen molar-refractivity contribution >= 4 is 5.69 Å². The number of nitrogens with zero attached hydrogens (tertiary/aromatic N) is 3. The summed E-state index contributed by atoms with van der Waals surface area (Å²) in [5, 5.41) is 28.0. The van der Waals surface area contributed by atoms with Gasteiger partial charge in [-0.3, -0.25) is 0 Å². The van der Waals surface area contributed by atoms with Crippen LogP contribution in [0, 0.1) is 34.0 Å². The number of nitrogens with one attached hydrogen (secondary N) is 1. The van der Waals surface area contributed by atoms with E-state index in [9.17, 15) is 26.3 Å². The molecule has 118 valence electrons. The van der Waals surface area contributed by atoms with Crippen molar-refractivity contribution in [2.45, 2.75) is 12.4 Å². The smallest absolute Gasteiger partial charge is 0.345 e. The zero-order chi connectivity index (χ0) is 17.8. The van der Waals surface area contributed by atoms with Gasteiger partial charge in [0.2, 0.25) is 0 Å².